The van der Waals surface area contributed by atoms with E-state index in [4.69, 9.17) is 5.73 Å². The highest BCUT2D eigenvalue weighted by atomic mass is 79.9. The molecule has 1 aliphatic rings. The summed E-state index contributed by atoms with van der Waals surface area (Å²) in [5.41, 5.74) is 7.38. The fourth-order valence-electron chi connectivity index (χ4n) is 2.74. The van der Waals surface area contributed by atoms with Gasteiger partial charge in [-0.2, -0.15) is 0 Å². The molecule has 17 heavy (non-hydrogen) atoms. The van der Waals surface area contributed by atoms with E-state index < -0.39 is 0 Å². The van der Waals surface area contributed by atoms with Crippen molar-refractivity contribution in [3.8, 4) is 0 Å². The van der Waals surface area contributed by atoms with Gasteiger partial charge in [-0.3, -0.25) is 4.98 Å². The van der Waals surface area contributed by atoms with Crippen molar-refractivity contribution in [3.05, 3.63) is 28.5 Å². The first-order chi connectivity index (χ1) is 8.08. The Kier molecular flexibility index (Phi) is 4.21. The normalized spacial score (nSPS) is 31.2. The minimum atomic E-state index is 0.0954. The molecule has 1 saturated carbocycles. The predicted octanol–water partition coefficient (Wildman–Crippen LogP) is 3.92. The summed E-state index contributed by atoms with van der Waals surface area (Å²) in [5.74, 6) is 2.22. The van der Waals surface area contributed by atoms with Gasteiger partial charge >= 0.3 is 0 Å². The Morgan fingerprint density at radius 2 is 2.06 bits per heavy atom. The molecule has 0 aromatic carbocycles. The molecule has 1 aromatic rings. The maximum absolute atomic E-state index is 6.35. The minimum absolute atomic E-state index is 0.0954. The summed E-state index contributed by atoms with van der Waals surface area (Å²) in [4.78, 5) is 4.43. The third kappa shape index (κ3) is 3.08. The van der Waals surface area contributed by atoms with E-state index in [9.17, 15) is 0 Å². The largest absolute Gasteiger partial charge is 0.322 e. The first-order valence-electron chi connectivity index (χ1n) is 6.45. The molecule has 1 aliphatic carbocycles. The van der Waals surface area contributed by atoms with Crippen LogP contribution in [-0.4, -0.2) is 4.98 Å². The first kappa shape index (κ1) is 13.0. The van der Waals surface area contributed by atoms with Crippen LogP contribution in [0.4, 0.5) is 0 Å². The average Bonchev–Trinajstić information content (AvgIpc) is 2.33. The Bertz CT molecular complexity index is 363. The molecule has 0 bridgehead atoms. The van der Waals surface area contributed by atoms with Crippen LogP contribution in [0, 0.1) is 17.8 Å². The predicted molar refractivity (Wildman–Crippen MR) is 74.5 cm³/mol. The van der Waals surface area contributed by atoms with E-state index in [2.05, 4.69) is 34.8 Å². The Morgan fingerprint density at radius 1 is 1.29 bits per heavy atom. The summed E-state index contributed by atoms with van der Waals surface area (Å²) >= 11 is 3.40. The number of nitrogens with two attached hydrogens (primary N) is 1. The van der Waals surface area contributed by atoms with Crippen molar-refractivity contribution in [2.45, 2.75) is 39.2 Å². The summed E-state index contributed by atoms with van der Waals surface area (Å²) in [6, 6.07) is 4.16. The van der Waals surface area contributed by atoms with Gasteiger partial charge in [0, 0.05) is 16.7 Å². The molecule has 4 atom stereocenters. The average molecular weight is 297 g/mol. The van der Waals surface area contributed by atoms with Crippen LogP contribution in [0.15, 0.2) is 22.8 Å². The molecular formula is C14H21BrN2. The van der Waals surface area contributed by atoms with Crippen LogP contribution in [0.25, 0.3) is 0 Å². The molecule has 2 nitrogen and oxygen atoms in total. The monoisotopic (exact) mass is 296 g/mol. The number of aromatic nitrogens is 1. The lowest BCUT2D eigenvalue weighted by Gasteiger charge is -2.35. The first-order valence-corrected chi connectivity index (χ1v) is 7.24. The van der Waals surface area contributed by atoms with Crippen LogP contribution in [0.2, 0.25) is 0 Å². The lowest BCUT2D eigenvalue weighted by molar-refractivity contribution is 0.184. The summed E-state index contributed by atoms with van der Waals surface area (Å²) < 4.78 is 1.01. The zero-order valence-electron chi connectivity index (χ0n) is 10.6. The number of rotatable bonds is 2. The zero-order valence-corrected chi connectivity index (χ0v) is 12.2. The van der Waals surface area contributed by atoms with Gasteiger partial charge in [-0.1, -0.05) is 20.3 Å². The standard InChI is InChI=1S/C14H21BrN2/c1-9-3-4-11(7-10(9)2)14(16)13-6-5-12(15)8-17-13/h5-6,8-11,14H,3-4,7,16H2,1-2H3. The lowest BCUT2D eigenvalue weighted by atomic mass is 9.73. The molecule has 2 N–H and O–H groups in total. The smallest absolute Gasteiger partial charge is 0.0574 e. The van der Waals surface area contributed by atoms with E-state index in [-0.39, 0.29) is 6.04 Å². The highest BCUT2D eigenvalue weighted by molar-refractivity contribution is 9.10. The maximum atomic E-state index is 6.35. The van der Waals surface area contributed by atoms with E-state index in [0.717, 1.165) is 22.0 Å². The van der Waals surface area contributed by atoms with Gasteiger partial charge in [0.2, 0.25) is 0 Å². The second-order valence-electron chi connectivity index (χ2n) is 5.45. The second-order valence-corrected chi connectivity index (χ2v) is 6.37. The Morgan fingerprint density at radius 3 is 2.65 bits per heavy atom. The third-order valence-electron chi connectivity index (χ3n) is 4.24. The molecule has 4 unspecified atom stereocenters. The van der Waals surface area contributed by atoms with Gasteiger partial charge in [0.1, 0.15) is 0 Å². The van der Waals surface area contributed by atoms with Crippen molar-refractivity contribution < 1.29 is 0 Å². The summed E-state index contributed by atoms with van der Waals surface area (Å²) in [7, 11) is 0. The topological polar surface area (TPSA) is 38.9 Å². The van der Waals surface area contributed by atoms with Crippen molar-refractivity contribution in [3.63, 3.8) is 0 Å². The molecule has 0 radical (unpaired) electrons. The van der Waals surface area contributed by atoms with Crippen LogP contribution in [0.5, 0.6) is 0 Å². The van der Waals surface area contributed by atoms with E-state index >= 15 is 0 Å². The van der Waals surface area contributed by atoms with Gasteiger partial charge in [0.15, 0.2) is 0 Å². The highest BCUT2D eigenvalue weighted by Crippen LogP contribution is 2.38. The van der Waals surface area contributed by atoms with Crippen LogP contribution in [0.1, 0.15) is 44.8 Å². The number of pyridine rings is 1. The van der Waals surface area contributed by atoms with Gasteiger partial charge in [-0.05, 0) is 58.7 Å². The van der Waals surface area contributed by atoms with Crippen molar-refractivity contribution in [1.82, 2.24) is 4.98 Å². The molecule has 1 aromatic heterocycles. The van der Waals surface area contributed by atoms with Gasteiger partial charge in [-0.25, -0.2) is 0 Å². The maximum Gasteiger partial charge on any atom is 0.0574 e. The lowest BCUT2D eigenvalue weighted by Crippen LogP contribution is -2.29. The van der Waals surface area contributed by atoms with Crippen molar-refractivity contribution in [2.24, 2.45) is 23.5 Å². The van der Waals surface area contributed by atoms with Gasteiger partial charge in [-0.15, -0.1) is 0 Å². The molecule has 0 amide bonds. The minimum Gasteiger partial charge on any atom is -0.322 e. The zero-order chi connectivity index (χ0) is 12.4. The van der Waals surface area contributed by atoms with Crippen LogP contribution < -0.4 is 5.73 Å². The van der Waals surface area contributed by atoms with E-state index in [0.29, 0.717) is 5.92 Å². The van der Waals surface area contributed by atoms with Crippen molar-refractivity contribution in [1.29, 1.82) is 0 Å². The van der Waals surface area contributed by atoms with Gasteiger partial charge < -0.3 is 5.73 Å². The molecule has 0 aliphatic heterocycles. The van der Waals surface area contributed by atoms with E-state index in [1.807, 2.05) is 18.3 Å². The molecule has 2 rings (SSSR count). The second kappa shape index (κ2) is 5.49. The molecular weight excluding hydrogens is 276 g/mol. The number of hydrogen-bond donors (Lipinski definition) is 1. The van der Waals surface area contributed by atoms with Gasteiger partial charge in [0.25, 0.3) is 0 Å². The fraction of sp³-hybridized carbons (Fsp3) is 0.643. The Labute approximate surface area is 112 Å². The quantitative estimate of drug-likeness (QED) is 0.898. The Balaban J connectivity index is 2.05. The highest BCUT2D eigenvalue weighted by Gasteiger charge is 2.29. The summed E-state index contributed by atoms with van der Waals surface area (Å²) in [5, 5.41) is 0. The van der Waals surface area contributed by atoms with Gasteiger partial charge in [0.05, 0.1) is 5.69 Å². The van der Waals surface area contributed by atoms with E-state index in [1.54, 1.807) is 0 Å². The van der Waals surface area contributed by atoms with E-state index in [1.165, 1.54) is 19.3 Å². The third-order valence-corrected chi connectivity index (χ3v) is 4.71. The molecule has 94 valence electrons. The summed E-state index contributed by atoms with van der Waals surface area (Å²) in [6.45, 7) is 4.70. The van der Waals surface area contributed by atoms with Crippen LogP contribution >= 0.6 is 15.9 Å². The number of hydrogen-bond acceptors (Lipinski definition) is 2. The fourth-order valence-corrected chi connectivity index (χ4v) is 2.98. The van der Waals surface area contributed by atoms with Crippen molar-refractivity contribution in [2.75, 3.05) is 0 Å². The summed E-state index contributed by atoms with van der Waals surface area (Å²) in [6.07, 6.45) is 5.62. The van der Waals surface area contributed by atoms with Crippen molar-refractivity contribution >= 4 is 15.9 Å². The molecule has 3 heteroatoms. The number of nitrogens with zero attached hydrogens (tertiary/aromatic N) is 1. The molecule has 1 heterocycles. The number of halogens is 1. The van der Waals surface area contributed by atoms with Crippen LogP contribution in [-0.2, 0) is 0 Å². The van der Waals surface area contributed by atoms with Crippen LogP contribution in [0.3, 0.4) is 0 Å². The molecule has 1 fully saturated rings. The molecule has 0 saturated heterocycles. The Hall–Kier alpha value is -0.410. The molecule has 0 spiro atoms. The SMILES string of the molecule is CC1CCC(C(N)c2ccc(Br)cn2)CC1C.